The van der Waals surface area contributed by atoms with Gasteiger partial charge in [-0.15, -0.1) is 0 Å². The molecule has 0 aliphatic carbocycles. The van der Waals surface area contributed by atoms with Gasteiger partial charge in [-0.1, -0.05) is 30.3 Å². The van der Waals surface area contributed by atoms with E-state index in [9.17, 15) is 4.79 Å². The summed E-state index contributed by atoms with van der Waals surface area (Å²) in [5, 5.41) is 0. The number of esters is 1. The number of hydrogen-bond acceptors (Lipinski definition) is 4. The molecule has 92 valence electrons. The average Bonchev–Trinajstić information content (AvgIpc) is 2.73. The van der Waals surface area contributed by atoms with E-state index in [1.807, 2.05) is 35.2 Å². The summed E-state index contributed by atoms with van der Waals surface area (Å²) in [6.45, 7) is 2.38. The van der Waals surface area contributed by atoms with Gasteiger partial charge in [0.1, 0.15) is 6.61 Å². The van der Waals surface area contributed by atoms with Gasteiger partial charge in [0, 0.05) is 19.1 Å². The highest BCUT2D eigenvalue weighted by Gasteiger charge is 2.21. The number of carbonyl (C=O) groups excluding carboxylic acids is 1. The lowest BCUT2D eigenvalue weighted by Gasteiger charge is -2.14. The number of carbonyl (C=O) groups is 1. The predicted molar refractivity (Wildman–Crippen MR) is 65.3 cm³/mol. The van der Waals surface area contributed by atoms with Gasteiger partial charge in [0.05, 0.1) is 6.54 Å². The quantitative estimate of drug-likeness (QED) is 0.782. The highest BCUT2D eigenvalue weighted by Crippen LogP contribution is 2.07. The molecular weight excluding hydrogens is 216 g/mol. The molecule has 1 aliphatic heterocycles. The summed E-state index contributed by atoms with van der Waals surface area (Å²) in [5.74, 6) is -0.178. The molecule has 0 aromatic heterocycles. The Morgan fingerprint density at radius 3 is 2.82 bits per heavy atom. The Hall–Kier alpha value is -1.39. The number of rotatable bonds is 4. The molecule has 0 saturated carbocycles. The van der Waals surface area contributed by atoms with E-state index < -0.39 is 0 Å². The first-order chi connectivity index (χ1) is 8.24. The molecule has 4 nitrogen and oxygen atoms in total. The van der Waals surface area contributed by atoms with Crippen molar-refractivity contribution in [3.8, 4) is 0 Å². The van der Waals surface area contributed by atoms with Crippen molar-refractivity contribution >= 4 is 5.97 Å². The van der Waals surface area contributed by atoms with Gasteiger partial charge in [0.15, 0.2) is 0 Å². The number of nitrogens with zero attached hydrogens (tertiary/aromatic N) is 1. The normalized spacial score (nSPS) is 20.4. The highest BCUT2D eigenvalue weighted by molar-refractivity contribution is 5.71. The van der Waals surface area contributed by atoms with Crippen molar-refractivity contribution in [1.29, 1.82) is 0 Å². The lowest BCUT2D eigenvalue weighted by Crippen LogP contribution is -2.31. The van der Waals surface area contributed by atoms with E-state index in [0.29, 0.717) is 13.2 Å². The maximum atomic E-state index is 11.6. The summed E-state index contributed by atoms with van der Waals surface area (Å²) >= 11 is 0. The van der Waals surface area contributed by atoms with E-state index in [0.717, 1.165) is 25.1 Å². The first-order valence-corrected chi connectivity index (χ1v) is 5.91. The van der Waals surface area contributed by atoms with Crippen LogP contribution in [0.25, 0.3) is 0 Å². The van der Waals surface area contributed by atoms with Crippen LogP contribution in [0, 0.1) is 0 Å². The largest absolute Gasteiger partial charge is 0.460 e. The minimum absolute atomic E-state index is 0.178. The minimum Gasteiger partial charge on any atom is -0.460 e. The molecule has 1 aromatic rings. The second kappa shape index (κ2) is 5.80. The molecule has 1 atom stereocenters. The number of benzene rings is 1. The minimum atomic E-state index is -0.178. The SMILES string of the molecule is N[C@H]1CCN(CC(=O)OCc2ccccc2)C1. The fraction of sp³-hybridized carbons (Fsp3) is 0.462. The van der Waals surface area contributed by atoms with E-state index in [4.69, 9.17) is 10.5 Å². The van der Waals surface area contributed by atoms with Crippen molar-refractivity contribution in [1.82, 2.24) is 4.90 Å². The van der Waals surface area contributed by atoms with Crippen LogP contribution in [-0.2, 0) is 16.1 Å². The van der Waals surface area contributed by atoms with Gasteiger partial charge in [-0.2, -0.15) is 0 Å². The van der Waals surface area contributed by atoms with Gasteiger partial charge < -0.3 is 10.5 Å². The van der Waals surface area contributed by atoms with Crippen LogP contribution in [0.15, 0.2) is 30.3 Å². The molecule has 1 saturated heterocycles. The molecule has 2 rings (SSSR count). The molecule has 0 bridgehead atoms. The lowest BCUT2D eigenvalue weighted by atomic mass is 10.2. The van der Waals surface area contributed by atoms with E-state index in [-0.39, 0.29) is 12.0 Å². The monoisotopic (exact) mass is 234 g/mol. The lowest BCUT2D eigenvalue weighted by molar-refractivity contribution is -0.146. The predicted octanol–water partition coefficient (Wildman–Crippen LogP) is 0.763. The molecule has 2 N–H and O–H groups in total. The summed E-state index contributed by atoms with van der Waals surface area (Å²) in [6, 6.07) is 9.90. The first-order valence-electron chi connectivity index (χ1n) is 5.91. The summed E-state index contributed by atoms with van der Waals surface area (Å²) in [4.78, 5) is 13.6. The van der Waals surface area contributed by atoms with Crippen molar-refractivity contribution < 1.29 is 9.53 Å². The van der Waals surface area contributed by atoms with Crippen LogP contribution in [0.4, 0.5) is 0 Å². The molecule has 0 radical (unpaired) electrons. The maximum absolute atomic E-state index is 11.6. The third kappa shape index (κ3) is 3.84. The highest BCUT2D eigenvalue weighted by atomic mass is 16.5. The Labute approximate surface area is 101 Å². The van der Waals surface area contributed by atoms with Crippen LogP contribution in [0.1, 0.15) is 12.0 Å². The van der Waals surface area contributed by atoms with Gasteiger partial charge in [-0.05, 0) is 12.0 Å². The van der Waals surface area contributed by atoms with E-state index in [2.05, 4.69) is 0 Å². The Morgan fingerprint density at radius 1 is 1.41 bits per heavy atom. The van der Waals surface area contributed by atoms with Crippen molar-refractivity contribution in [3.05, 3.63) is 35.9 Å². The summed E-state index contributed by atoms with van der Waals surface area (Å²) in [7, 11) is 0. The van der Waals surface area contributed by atoms with Crippen LogP contribution in [0.5, 0.6) is 0 Å². The number of hydrogen-bond donors (Lipinski definition) is 1. The molecule has 0 spiro atoms. The smallest absolute Gasteiger partial charge is 0.320 e. The van der Waals surface area contributed by atoms with Gasteiger partial charge >= 0.3 is 5.97 Å². The van der Waals surface area contributed by atoms with E-state index >= 15 is 0 Å². The molecule has 1 fully saturated rings. The second-order valence-corrected chi connectivity index (χ2v) is 4.43. The van der Waals surface area contributed by atoms with Gasteiger partial charge in [-0.3, -0.25) is 9.69 Å². The van der Waals surface area contributed by atoms with E-state index in [1.54, 1.807) is 0 Å². The third-order valence-corrected chi connectivity index (χ3v) is 2.90. The summed E-state index contributed by atoms with van der Waals surface area (Å²) in [5.41, 5.74) is 6.79. The van der Waals surface area contributed by atoms with Gasteiger partial charge in [0.2, 0.25) is 0 Å². The van der Waals surface area contributed by atoms with Crippen molar-refractivity contribution in [2.24, 2.45) is 5.73 Å². The van der Waals surface area contributed by atoms with Crippen LogP contribution in [-0.4, -0.2) is 36.5 Å². The Bertz CT molecular complexity index is 367. The zero-order chi connectivity index (χ0) is 12.1. The fourth-order valence-corrected chi connectivity index (χ4v) is 1.97. The molecule has 0 amide bonds. The van der Waals surface area contributed by atoms with Crippen molar-refractivity contribution in [3.63, 3.8) is 0 Å². The fourth-order valence-electron chi connectivity index (χ4n) is 1.97. The molecule has 1 aliphatic rings. The van der Waals surface area contributed by atoms with Gasteiger partial charge in [-0.25, -0.2) is 0 Å². The topological polar surface area (TPSA) is 55.6 Å². The van der Waals surface area contributed by atoms with Crippen LogP contribution < -0.4 is 5.73 Å². The zero-order valence-electron chi connectivity index (χ0n) is 9.84. The van der Waals surface area contributed by atoms with E-state index in [1.165, 1.54) is 0 Å². The van der Waals surface area contributed by atoms with Crippen LogP contribution >= 0.6 is 0 Å². The maximum Gasteiger partial charge on any atom is 0.320 e. The van der Waals surface area contributed by atoms with Crippen LogP contribution in [0.2, 0.25) is 0 Å². The third-order valence-electron chi connectivity index (χ3n) is 2.90. The second-order valence-electron chi connectivity index (χ2n) is 4.43. The molecule has 17 heavy (non-hydrogen) atoms. The molecule has 1 heterocycles. The van der Waals surface area contributed by atoms with Crippen molar-refractivity contribution in [2.75, 3.05) is 19.6 Å². The molecule has 0 unspecified atom stereocenters. The zero-order valence-corrected chi connectivity index (χ0v) is 9.84. The summed E-state index contributed by atoms with van der Waals surface area (Å²) in [6.07, 6.45) is 0.964. The Balaban J connectivity index is 1.71. The van der Waals surface area contributed by atoms with Gasteiger partial charge in [0.25, 0.3) is 0 Å². The number of likely N-dealkylation sites (tertiary alicyclic amines) is 1. The number of nitrogens with two attached hydrogens (primary N) is 1. The standard InChI is InChI=1S/C13H18N2O2/c14-12-6-7-15(8-12)9-13(16)17-10-11-4-2-1-3-5-11/h1-5,12H,6-10,14H2/t12-/m0/s1. The molecule has 1 aromatic carbocycles. The number of ether oxygens (including phenoxy) is 1. The summed E-state index contributed by atoms with van der Waals surface area (Å²) < 4.78 is 5.20. The first kappa shape index (κ1) is 12.1. The van der Waals surface area contributed by atoms with Crippen molar-refractivity contribution in [2.45, 2.75) is 19.1 Å². The Morgan fingerprint density at radius 2 is 2.18 bits per heavy atom. The Kier molecular flexibility index (Phi) is 4.12. The molecular formula is C13H18N2O2. The average molecular weight is 234 g/mol. The van der Waals surface area contributed by atoms with Crippen LogP contribution in [0.3, 0.4) is 0 Å². The molecule has 4 heteroatoms.